The molecule has 1 heterocycles. The Hall–Kier alpha value is -0.0151. The van der Waals surface area contributed by atoms with Gasteiger partial charge in [0.25, 0.3) is 0 Å². The molecule has 2 nitrogen and oxygen atoms in total. The van der Waals surface area contributed by atoms with Gasteiger partial charge < -0.3 is 9.47 Å². The molecule has 0 aromatic rings. The summed E-state index contributed by atoms with van der Waals surface area (Å²) < 4.78 is 12.0. The SMILES string of the molecule is BC1C[C@@H](C(CCCC)CCCC)C(COC(C)C)O1. The molecular weight excluding hydrogens is 247 g/mol. The van der Waals surface area contributed by atoms with Gasteiger partial charge in [-0.05, 0) is 32.1 Å². The van der Waals surface area contributed by atoms with Gasteiger partial charge in [0.2, 0.25) is 0 Å². The van der Waals surface area contributed by atoms with Crippen LogP contribution >= 0.6 is 0 Å². The second kappa shape index (κ2) is 9.84. The molecule has 1 saturated heterocycles. The highest BCUT2D eigenvalue weighted by Crippen LogP contribution is 2.37. The van der Waals surface area contributed by atoms with E-state index >= 15 is 0 Å². The highest BCUT2D eigenvalue weighted by Gasteiger charge is 2.37. The topological polar surface area (TPSA) is 18.5 Å². The molecule has 0 spiro atoms. The summed E-state index contributed by atoms with van der Waals surface area (Å²) in [6, 6.07) is 0.409. The minimum absolute atomic E-state index is 0.305. The monoisotopic (exact) mass is 282 g/mol. The van der Waals surface area contributed by atoms with E-state index in [-0.39, 0.29) is 0 Å². The van der Waals surface area contributed by atoms with E-state index in [1.807, 2.05) is 0 Å². The summed E-state index contributed by atoms with van der Waals surface area (Å²) in [5, 5.41) is 0. The van der Waals surface area contributed by atoms with Crippen molar-refractivity contribution >= 4 is 7.85 Å². The van der Waals surface area contributed by atoms with Gasteiger partial charge in [-0.3, -0.25) is 0 Å². The second-order valence-electron chi connectivity index (χ2n) is 6.81. The van der Waals surface area contributed by atoms with Gasteiger partial charge in [0.15, 0.2) is 0 Å². The molecule has 118 valence electrons. The predicted octanol–water partition coefficient (Wildman–Crippen LogP) is 3.77. The molecule has 1 aliphatic heterocycles. The Bertz CT molecular complexity index is 237. The largest absolute Gasteiger partial charge is 0.381 e. The first-order valence-corrected chi connectivity index (χ1v) is 8.85. The zero-order chi connectivity index (χ0) is 15.0. The summed E-state index contributed by atoms with van der Waals surface area (Å²) >= 11 is 0. The summed E-state index contributed by atoms with van der Waals surface area (Å²) in [7, 11) is 2.22. The lowest BCUT2D eigenvalue weighted by Crippen LogP contribution is -2.29. The van der Waals surface area contributed by atoms with Crippen LogP contribution < -0.4 is 0 Å². The van der Waals surface area contributed by atoms with Gasteiger partial charge in [-0.2, -0.15) is 0 Å². The standard InChI is InChI=1S/C17H35BO2/c1-5-7-9-14(10-8-6-2)15-11-17(18)20-16(15)12-19-13(3)4/h13-17H,5-12,18H2,1-4H3/t15-,16?,17?/m0/s1. The summed E-state index contributed by atoms with van der Waals surface area (Å²) in [5.74, 6) is 1.54. The molecule has 0 aliphatic carbocycles. The number of hydrogen-bond donors (Lipinski definition) is 0. The highest BCUT2D eigenvalue weighted by atomic mass is 16.5. The van der Waals surface area contributed by atoms with Crippen molar-refractivity contribution < 1.29 is 9.47 Å². The van der Waals surface area contributed by atoms with E-state index in [0.29, 0.717) is 24.1 Å². The van der Waals surface area contributed by atoms with Gasteiger partial charge in [0.05, 0.1) is 18.8 Å². The molecule has 3 atom stereocenters. The normalized spacial score (nSPS) is 26.8. The Kier molecular flexibility index (Phi) is 8.87. The smallest absolute Gasteiger partial charge is 0.139 e. The van der Waals surface area contributed by atoms with Crippen molar-refractivity contribution in [3.05, 3.63) is 0 Å². The van der Waals surface area contributed by atoms with Crippen molar-refractivity contribution in [3.8, 4) is 0 Å². The fraction of sp³-hybridized carbons (Fsp3) is 1.00. The van der Waals surface area contributed by atoms with Crippen molar-refractivity contribution in [2.75, 3.05) is 6.61 Å². The lowest BCUT2D eigenvalue weighted by molar-refractivity contribution is -0.0361. The fourth-order valence-electron chi connectivity index (χ4n) is 3.44. The minimum atomic E-state index is 0.305. The van der Waals surface area contributed by atoms with Crippen molar-refractivity contribution in [2.45, 2.75) is 90.9 Å². The molecule has 1 aliphatic rings. The molecule has 0 aromatic heterocycles. The molecule has 0 saturated carbocycles. The average molecular weight is 282 g/mol. The summed E-state index contributed by atoms with van der Waals surface area (Å²) in [6.07, 6.45) is 9.92. The zero-order valence-corrected chi connectivity index (χ0v) is 14.4. The second-order valence-corrected chi connectivity index (χ2v) is 6.81. The lowest BCUT2D eigenvalue weighted by atomic mass is 9.77. The maximum Gasteiger partial charge on any atom is 0.139 e. The first kappa shape index (κ1) is 18.0. The van der Waals surface area contributed by atoms with Crippen LogP contribution in [0.2, 0.25) is 0 Å². The number of ether oxygens (including phenoxy) is 2. The maximum atomic E-state index is 6.14. The molecule has 3 heteroatoms. The fourth-order valence-corrected chi connectivity index (χ4v) is 3.44. The molecule has 1 fully saturated rings. The van der Waals surface area contributed by atoms with Gasteiger partial charge in [-0.15, -0.1) is 0 Å². The van der Waals surface area contributed by atoms with Crippen LogP contribution in [0.5, 0.6) is 0 Å². The van der Waals surface area contributed by atoms with Crippen LogP contribution in [-0.2, 0) is 9.47 Å². The highest BCUT2D eigenvalue weighted by molar-refractivity contribution is 6.11. The van der Waals surface area contributed by atoms with Gasteiger partial charge in [-0.25, -0.2) is 0 Å². The summed E-state index contributed by atoms with van der Waals surface area (Å²) in [5.41, 5.74) is 0. The molecule has 0 N–H and O–H groups in total. The number of rotatable bonds is 10. The zero-order valence-electron chi connectivity index (χ0n) is 14.4. The predicted molar refractivity (Wildman–Crippen MR) is 88.9 cm³/mol. The molecule has 0 bridgehead atoms. The molecule has 2 unspecified atom stereocenters. The minimum Gasteiger partial charge on any atom is -0.381 e. The van der Waals surface area contributed by atoms with Gasteiger partial charge in [0, 0.05) is 6.00 Å². The van der Waals surface area contributed by atoms with Crippen molar-refractivity contribution in [3.63, 3.8) is 0 Å². The van der Waals surface area contributed by atoms with Crippen molar-refractivity contribution in [1.82, 2.24) is 0 Å². The van der Waals surface area contributed by atoms with Crippen LogP contribution in [0.15, 0.2) is 0 Å². The third-order valence-corrected chi connectivity index (χ3v) is 4.54. The summed E-state index contributed by atoms with van der Waals surface area (Å²) in [6.45, 7) is 9.59. The van der Waals surface area contributed by atoms with Crippen molar-refractivity contribution in [2.24, 2.45) is 11.8 Å². The Balaban J connectivity index is 2.58. The molecule has 0 amide bonds. The Morgan fingerprint density at radius 1 is 1.15 bits per heavy atom. The summed E-state index contributed by atoms with van der Waals surface area (Å²) in [4.78, 5) is 0. The maximum absolute atomic E-state index is 6.14. The Labute approximate surface area is 127 Å². The molecule has 0 radical (unpaired) electrons. The van der Waals surface area contributed by atoms with E-state index in [1.165, 1.54) is 44.9 Å². The van der Waals surface area contributed by atoms with Crippen LogP contribution in [0.3, 0.4) is 0 Å². The number of hydrogen-bond acceptors (Lipinski definition) is 2. The van der Waals surface area contributed by atoms with Crippen LogP contribution in [-0.4, -0.2) is 32.7 Å². The van der Waals surface area contributed by atoms with E-state index in [1.54, 1.807) is 0 Å². The molecular formula is C17H35BO2. The van der Waals surface area contributed by atoms with Gasteiger partial charge in [-0.1, -0.05) is 52.4 Å². The number of unbranched alkanes of at least 4 members (excludes halogenated alkanes) is 2. The average Bonchev–Trinajstić information content (AvgIpc) is 2.78. The van der Waals surface area contributed by atoms with E-state index in [4.69, 9.17) is 9.47 Å². The van der Waals surface area contributed by atoms with Gasteiger partial charge in [0.1, 0.15) is 7.85 Å². The molecule has 20 heavy (non-hydrogen) atoms. The quantitative estimate of drug-likeness (QED) is 0.568. The van der Waals surface area contributed by atoms with E-state index in [2.05, 4.69) is 35.5 Å². The van der Waals surface area contributed by atoms with E-state index in [0.717, 1.165) is 12.5 Å². The van der Waals surface area contributed by atoms with Crippen LogP contribution in [0.25, 0.3) is 0 Å². The Morgan fingerprint density at radius 2 is 1.75 bits per heavy atom. The van der Waals surface area contributed by atoms with Crippen LogP contribution in [0.4, 0.5) is 0 Å². The third-order valence-electron chi connectivity index (χ3n) is 4.54. The first-order chi connectivity index (χ1) is 9.58. The van der Waals surface area contributed by atoms with Crippen LogP contribution in [0.1, 0.15) is 72.6 Å². The molecule has 1 rings (SSSR count). The third kappa shape index (κ3) is 6.18. The van der Waals surface area contributed by atoms with E-state index in [9.17, 15) is 0 Å². The molecule has 0 aromatic carbocycles. The van der Waals surface area contributed by atoms with E-state index < -0.39 is 0 Å². The lowest BCUT2D eigenvalue weighted by Gasteiger charge is -2.28. The van der Waals surface area contributed by atoms with Crippen LogP contribution in [0, 0.1) is 11.8 Å². The Morgan fingerprint density at radius 3 is 2.25 bits per heavy atom. The van der Waals surface area contributed by atoms with Crippen molar-refractivity contribution in [1.29, 1.82) is 0 Å². The van der Waals surface area contributed by atoms with Gasteiger partial charge >= 0.3 is 0 Å². The first-order valence-electron chi connectivity index (χ1n) is 8.85.